The standard InChI is InChI=1S/C17H20ClN3O3/c1-17(2,3)24-16(22)14-15(21-13(18)10-19-14)20-9-11-5-7-12(23-4)8-6-11/h5-8,10H,9H2,1-4H3,(H,20,21). The van der Waals surface area contributed by atoms with E-state index in [1.807, 2.05) is 24.3 Å². The second-order valence-electron chi connectivity index (χ2n) is 6.09. The number of rotatable bonds is 5. The number of carbonyl (C=O) groups excluding carboxylic acids is 1. The van der Waals surface area contributed by atoms with Gasteiger partial charge in [0, 0.05) is 6.54 Å². The predicted octanol–water partition coefficient (Wildman–Crippen LogP) is 3.71. The third kappa shape index (κ3) is 5.09. The lowest BCUT2D eigenvalue weighted by molar-refractivity contribution is 0.00636. The number of ether oxygens (including phenoxy) is 2. The highest BCUT2D eigenvalue weighted by Crippen LogP contribution is 2.19. The van der Waals surface area contributed by atoms with Crippen LogP contribution in [0.15, 0.2) is 30.5 Å². The van der Waals surface area contributed by atoms with Gasteiger partial charge in [-0.3, -0.25) is 0 Å². The van der Waals surface area contributed by atoms with Crippen LogP contribution in [0.5, 0.6) is 5.75 Å². The van der Waals surface area contributed by atoms with Crippen molar-refractivity contribution in [2.45, 2.75) is 32.9 Å². The van der Waals surface area contributed by atoms with E-state index in [-0.39, 0.29) is 16.7 Å². The molecule has 6 nitrogen and oxygen atoms in total. The minimum absolute atomic E-state index is 0.0998. The maximum Gasteiger partial charge on any atom is 0.361 e. The Labute approximate surface area is 146 Å². The van der Waals surface area contributed by atoms with E-state index in [9.17, 15) is 4.79 Å². The molecule has 24 heavy (non-hydrogen) atoms. The van der Waals surface area contributed by atoms with Crippen molar-refractivity contribution in [1.29, 1.82) is 0 Å². The van der Waals surface area contributed by atoms with Gasteiger partial charge in [-0.25, -0.2) is 14.8 Å². The highest BCUT2D eigenvalue weighted by Gasteiger charge is 2.22. The average molecular weight is 350 g/mol. The van der Waals surface area contributed by atoms with Gasteiger partial charge >= 0.3 is 5.97 Å². The lowest BCUT2D eigenvalue weighted by Crippen LogP contribution is -2.25. The van der Waals surface area contributed by atoms with Crippen LogP contribution in [0.2, 0.25) is 5.15 Å². The zero-order valence-electron chi connectivity index (χ0n) is 14.1. The van der Waals surface area contributed by atoms with Crippen molar-refractivity contribution in [3.63, 3.8) is 0 Å². The number of nitrogens with one attached hydrogen (secondary N) is 1. The summed E-state index contributed by atoms with van der Waals surface area (Å²) in [5.74, 6) is 0.507. The second-order valence-corrected chi connectivity index (χ2v) is 6.48. The smallest absolute Gasteiger partial charge is 0.361 e. The van der Waals surface area contributed by atoms with Crippen molar-refractivity contribution in [3.8, 4) is 5.75 Å². The highest BCUT2D eigenvalue weighted by atomic mass is 35.5. The fourth-order valence-electron chi connectivity index (χ4n) is 1.90. The molecule has 0 aliphatic carbocycles. The van der Waals surface area contributed by atoms with Gasteiger partial charge in [0.05, 0.1) is 13.3 Å². The summed E-state index contributed by atoms with van der Waals surface area (Å²) in [6, 6.07) is 7.54. The Kier molecular flexibility index (Phi) is 5.62. The first-order valence-electron chi connectivity index (χ1n) is 7.41. The van der Waals surface area contributed by atoms with Crippen molar-refractivity contribution >= 4 is 23.4 Å². The van der Waals surface area contributed by atoms with E-state index in [1.165, 1.54) is 6.20 Å². The van der Waals surface area contributed by atoms with Crippen LogP contribution in [-0.2, 0) is 11.3 Å². The molecule has 0 unspecified atom stereocenters. The molecular formula is C17H20ClN3O3. The topological polar surface area (TPSA) is 73.3 Å². The van der Waals surface area contributed by atoms with Crippen molar-refractivity contribution in [2.75, 3.05) is 12.4 Å². The summed E-state index contributed by atoms with van der Waals surface area (Å²) in [4.78, 5) is 20.5. The quantitative estimate of drug-likeness (QED) is 0.829. The van der Waals surface area contributed by atoms with Crippen LogP contribution in [0.4, 0.5) is 5.82 Å². The minimum atomic E-state index is -0.619. The lowest BCUT2D eigenvalue weighted by atomic mass is 10.2. The summed E-state index contributed by atoms with van der Waals surface area (Å²) in [5, 5.41) is 3.27. The van der Waals surface area contributed by atoms with E-state index >= 15 is 0 Å². The fraction of sp³-hybridized carbons (Fsp3) is 0.353. The number of esters is 1. The number of hydrogen-bond acceptors (Lipinski definition) is 6. The van der Waals surface area contributed by atoms with Crippen LogP contribution in [0.25, 0.3) is 0 Å². The summed E-state index contributed by atoms with van der Waals surface area (Å²) in [7, 11) is 1.61. The molecule has 0 amide bonds. The highest BCUT2D eigenvalue weighted by molar-refractivity contribution is 6.29. The largest absolute Gasteiger partial charge is 0.497 e. The first kappa shape index (κ1) is 18.0. The van der Waals surface area contributed by atoms with E-state index in [0.29, 0.717) is 6.54 Å². The molecule has 128 valence electrons. The third-order valence-electron chi connectivity index (χ3n) is 2.95. The Morgan fingerprint density at radius 2 is 1.92 bits per heavy atom. The number of benzene rings is 1. The molecule has 0 aliphatic rings. The number of hydrogen-bond donors (Lipinski definition) is 1. The summed E-state index contributed by atoms with van der Waals surface area (Å²) in [5.41, 5.74) is 0.474. The van der Waals surface area contributed by atoms with E-state index in [4.69, 9.17) is 21.1 Å². The Morgan fingerprint density at radius 1 is 1.25 bits per heavy atom. The molecule has 1 aromatic heterocycles. The number of aromatic nitrogens is 2. The molecule has 0 radical (unpaired) electrons. The molecule has 0 saturated carbocycles. The summed E-state index contributed by atoms with van der Waals surface area (Å²) < 4.78 is 10.5. The summed E-state index contributed by atoms with van der Waals surface area (Å²) in [6.45, 7) is 5.82. The minimum Gasteiger partial charge on any atom is -0.497 e. The van der Waals surface area contributed by atoms with E-state index in [1.54, 1.807) is 27.9 Å². The Morgan fingerprint density at radius 3 is 2.50 bits per heavy atom. The van der Waals surface area contributed by atoms with Crippen LogP contribution in [0.3, 0.4) is 0 Å². The van der Waals surface area contributed by atoms with Crippen LogP contribution in [0.1, 0.15) is 36.8 Å². The van der Waals surface area contributed by atoms with Crippen molar-refractivity contribution in [2.24, 2.45) is 0 Å². The van der Waals surface area contributed by atoms with Gasteiger partial charge in [-0.1, -0.05) is 23.7 Å². The number of anilines is 1. The van der Waals surface area contributed by atoms with Crippen molar-refractivity contribution < 1.29 is 14.3 Å². The predicted molar refractivity (Wildman–Crippen MR) is 92.5 cm³/mol. The maximum absolute atomic E-state index is 12.3. The first-order chi connectivity index (χ1) is 11.3. The van der Waals surface area contributed by atoms with Crippen LogP contribution >= 0.6 is 11.6 Å². The molecule has 1 heterocycles. The van der Waals surface area contributed by atoms with Crippen molar-refractivity contribution in [3.05, 3.63) is 46.9 Å². The Bertz CT molecular complexity index is 712. The number of halogens is 1. The lowest BCUT2D eigenvalue weighted by Gasteiger charge is -2.20. The molecule has 1 N–H and O–H groups in total. The third-order valence-corrected chi connectivity index (χ3v) is 3.14. The van der Waals surface area contributed by atoms with Gasteiger partial charge in [0.15, 0.2) is 11.5 Å². The van der Waals surface area contributed by atoms with Crippen LogP contribution in [-0.4, -0.2) is 28.6 Å². The molecule has 7 heteroatoms. The van der Waals surface area contributed by atoms with E-state index in [2.05, 4.69) is 15.3 Å². The van der Waals surface area contributed by atoms with Gasteiger partial charge < -0.3 is 14.8 Å². The molecule has 0 saturated heterocycles. The average Bonchev–Trinajstić information content (AvgIpc) is 2.51. The molecule has 0 aliphatic heterocycles. The van der Waals surface area contributed by atoms with Crippen LogP contribution < -0.4 is 10.1 Å². The molecule has 0 bridgehead atoms. The second kappa shape index (κ2) is 7.49. The molecule has 0 spiro atoms. The first-order valence-corrected chi connectivity index (χ1v) is 7.79. The Hall–Kier alpha value is -2.34. The summed E-state index contributed by atoms with van der Waals surface area (Å²) >= 11 is 5.89. The van der Waals surface area contributed by atoms with Gasteiger partial charge in [0.2, 0.25) is 0 Å². The number of methoxy groups -OCH3 is 1. The molecular weight excluding hydrogens is 330 g/mol. The molecule has 2 rings (SSSR count). The normalized spacial score (nSPS) is 11.0. The van der Waals surface area contributed by atoms with Gasteiger partial charge in [0.1, 0.15) is 16.5 Å². The maximum atomic E-state index is 12.3. The van der Waals surface area contributed by atoms with Gasteiger partial charge in [-0.15, -0.1) is 0 Å². The van der Waals surface area contributed by atoms with Crippen LogP contribution in [0, 0.1) is 0 Å². The van der Waals surface area contributed by atoms with Gasteiger partial charge in [-0.05, 0) is 38.5 Å². The molecule has 0 atom stereocenters. The fourth-order valence-corrected chi connectivity index (χ4v) is 2.03. The van der Waals surface area contributed by atoms with Gasteiger partial charge in [-0.2, -0.15) is 0 Å². The Balaban J connectivity index is 2.16. The van der Waals surface area contributed by atoms with Gasteiger partial charge in [0.25, 0.3) is 0 Å². The number of carbonyl (C=O) groups is 1. The SMILES string of the molecule is COc1ccc(CNc2nc(Cl)cnc2C(=O)OC(C)(C)C)cc1. The number of nitrogens with zero attached hydrogens (tertiary/aromatic N) is 2. The van der Waals surface area contributed by atoms with Crippen molar-refractivity contribution in [1.82, 2.24) is 9.97 Å². The zero-order chi connectivity index (χ0) is 17.7. The molecule has 2 aromatic rings. The molecule has 1 aromatic carbocycles. The molecule has 0 fully saturated rings. The van der Waals surface area contributed by atoms with E-state index < -0.39 is 11.6 Å². The monoisotopic (exact) mass is 349 g/mol. The van der Waals surface area contributed by atoms with E-state index in [0.717, 1.165) is 11.3 Å². The zero-order valence-corrected chi connectivity index (χ0v) is 14.8. The summed E-state index contributed by atoms with van der Waals surface area (Å²) in [6.07, 6.45) is 1.32.